The molecule has 0 aliphatic carbocycles. The molecule has 1 saturated heterocycles. The van der Waals surface area contributed by atoms with Crippen molar-refractivity contribution in [1.82, 2.24) is 4.90 Å². The topological polar surface area (TPSA) is 35.5 Å². The minimum absolute atomic E-state index is 0.182. The largest absolute Gasteiger partial charge is 0.388 e. The third kappa shape index (κ3) is 2.49. The second kappa shape index (κ2) is 5.14. The Bertz CT molecular complexity index is 423. The van der Waals surface area contributed by atoms with Crippen molar-refractivity contribution in [3.63, 3.8) is 0 Å². The number of benzene rings is 1. The maximum absolute atomic E-state index is 11.0. The molecular formula is C16H24N2O. The highest BCUT2D eigenvalue weighted by Gasteiger charge is 2.40. The first-order chi connectivity index (χ1) is 9.21. The zero-order valence-electron chi connectivity index (χ0n) is 11.7. The SMILES string of the molecule is CCN1CCCC(O)(C2Cc3ccccc3N2)CC1. The summed E-state index contributed by atoms with van der Waals surface area (Å²) in [6, 6.07) is 8.61. The van der Waals surface area contributed by atoms with Crippen LogP contribution in [0.5, 0.6) is 0 Å². The zero-order valence-corrected chi connectivity index (χ0v) is 11.7. The van der Waals surface area contributed by atoms with E-state index in [1.807, 2.05) is 0 Å². The third-order valence-corrected chi connectivity index (χ3v) is 4.81. The van der Waals surface area contributed by atoms with Gasteiger partial charge in [-0.1, -0.05) is 25.1 Å². The fourth-order valence-electron chi connectivity index (χ4n) is 3.48. The van der Waals surface area contributed by atoms with E-state index in [4.69, 9.17) is 0 Å². The third-order valence-electron chi connectivity index (χ3n) is 4.81. The molecule has 19 heavy (non-hydrogen) atoms. The number of nitrogens with zero attached hydrogens (tertiary/aromatic N) is 1. The summed E-state index contributed by atoms with van der Waals surface area (Å²) in [5.74, 6) is 0. The summed E-state index contributed by atoms with van der Waals surface area (Å²) in [6.07, 6.45) is 3.85. The maximum atomic E-state index is 11.0. The minimum Gasteiger partial charge on any atom is -0.388 e. The molecule has 3 nitrogen and oxygen atoms in total. The van der Waals surface area contributed by atoms with E-state index >= 15 is 0 Å². The summed E-state index contributed by atoms with van der Waals surface area (Å²) in [5.41, 5.74) is 2.00. The number of para-hydroxylation sites is 1. The van der Waals surface area contributed by atoms with E-state index < -0.39 is 5.60 Å². The lowest BCUT2D eigenvalue weighted by molar-refractivity contribution is 0.00859. The molecule has 3 heteroatoms. The van der Waals surface area contributed by atoms with Crippen LogP contribution in [0.4, 0.5) is 5.69 Å². The average molecular weight is 260 g/mol. The Hall–Kier alpha value is -1.06. The van der Waals surface area contributed by atoms with Gasteiger partial charge in [-0.15, -0.1) is 0 Å². The van der Waals surface area contributed by atoms with Gasteiger partial charge in [0.25, 0.3) is 0 Å². The van der Waals surface area contributed by atoms with Crippen molar-refractivity contribution in [3.05, 3.63) is 29.8 Å². The summed E-state index contributed by atoms with van der Waals surface area (Å²) >= 11 is 0. The molecule has 1 fully saturated rings. The van der Waals surface area contributed by atoms with E-state index in [0.29, 0.717) is 0 Å². The van der Waals surface area contributed by atoms with Crippen LogP contribution in [0.2, 0.25) is 0 Å². The number of nitrogens with one attached hydrogen (secondary N) is 1. The standard InChI is InChI=1S/C16H24N2O/c1-2-18-10-5-8-16(19,9-11-18)15-12-13-6-3-4-7-14(13)17-15/h3-4,6-7,15,17,19H,2,5,8-12H2,1H3. The second-order valence-corrected chi connectivity index (χ2v) is 5.95. The Morgan fingerprint density at radius 1 is 1.32 bits per heavy atom. The van der Waals surface area contributed by atoms with Crippen LogP contribution < -0.4 is 5.32 Å². The molecule has 0 amide bonds. The van der Waals surface area contributed by atoms with Crippen LogP contribution in [0, 0.1) is 0 Å². The van der Waals surface area contributed by atoms with Gasteiger partial charge in [0.15, 0.2) is 0 Å². The normalized spacial score (nSPS) is 31.6. The van der Waals surface area contributed by atoms with Gasteiger partial charge in [-0.2, -0.15) is 0 Å². The van der Waals surface area contributed by atoms with Crippen LogP contribution >= 0.6 is 0 Å². The number of anilines is 1. The van der Waals surface area contributed by atoms with E-state index in [9.17, 15) is 5.11 Å². The van der Waals surface area contributed by atoms with Gasteiger partial charge < -0.3 is 15.3 Å². The van der Waals surface area contributed by atoms with Gasteiger partial charge in [0.2, 0.25) is 0 Å². The van der Waals surface area contributed by atoms with Crippen molar-refractivity contribution < 1.29 is 5.11 Å². The Kier molecular flexibility index (Phi) is 3.50. The summed E-state index contributed by atoms with van der Waals surface area (Å²) in [4.78, 5) is 2.44. The lowest BCUT2D eigenvalue weighted by atomic mass is 9.85. The molecule has 2 heterocycles. The van der Waals surface area contributed by atoms with Crippen LogP contribution in [-0.2, 0) is 6.42 Å². The summed E-state index contributed by atoms with van der Waals surface area (Å²) in [6.45, 7) is 5.43. The Morgan fingerprint density at radius 3 is 2.95 bits per heavy atom. The minimum atomic E-state index is -0.553. The molecule has 0 spiro atoms. The van der Waals surface area contributed by atoms with E-state index in [-0.39, 0.29) is 6.04 Å². The first kappa shape index (κ1) is 12.9. The fraction of sp³-hybridized carbons (Fsp3) is 0.625. The van der Waals surface area contributed by atoms with Crippen LogP contribution in [-0.4, -0.2) is 41.3 Å². The highest BCUT2D eigenvalue weighted by Crippen LogP contribution is 2.35. The van der Waals surface area contributed by atoms with Crippen LogP contribution in [0.25, 0.3) is 0 Å². The summed E-state index contributed by atoms with van der Waals surface area (Å²) in [7, 11) is 0. The number of rotatable bonds is 2. The predicted octanol–water partition coefficient (Wildman–Crippen LogP) is 2.26. The molecule has 2 atom stereocenters. The Morgan fingerprint density at radius 2 is 2.16 bits per heavy atom. The monoisotopic (exact) mass is 260 g/mol. The highest BCUT2D eigenvalue weighted by atomic mass is 16.3. The zero-order chi connectivity index (χ0) is 13.3. The molecule has 0 saturated carbocycles. The van der Waals surface area contributed by atoms with Crippen LogP contribution in [0.3, 0.4) is 0 Å². The van der Waals surface area contributed by atoms with E-state index in [2.05, 4.69) is 41.4 Å². The molecule has 1 aromatic carbocycles. The average Bonchev–Trinajstić information content (AvgIpc) is 2.78. The van der Waals surface area contributed by atoms with Gasteiger partial charge in [-0.3, -0.25) is 0 Å². The van der Waals surface area contributed by atoms with Crippen molar-refractivity contribution in [1.29, 1.82) is 0 Å². The van der Waals surface area contributed by atoms with Gasteiger partial charge in [0, 0.05) is 12.2 Å². The fourth-order valence-corrected chi connectivity index (χ4v) is 3.48. The first-order valence-electron chi connectivity index (χ1n) is 7.50. The van der Waals surface area contributed by atoms with E-state index in [0.717, 1.165) is 45.3 Å². The molecule has 2 aliphatic heterocycles. The molecule has 0 radical (unpaired) electrons. The van der Waals surface area contributed by atoms with Crippen molar-refractivity contribution in [3.8, 4) is 0 Å². The lowest BCUT2D eigenvalue weighted by Gasteiger charge is -2.33. The predicted molar refractivity (Wildman–Crippen MR) is 78.5 cm³/mol. The molecule has 0 bridgehead atoms. The molecular weight excluding hydrogens is 236 g/mol. The maximum Gasteiger partial charge on any atom is 0.0863 e. The van der Waals surface area contributed by atoms with Crippen molar-refractivity contribution in [2.24, 2.45) is 0 Å². The highest BCUT2D eigenvalue weighted by molar-refractivity contribution is 5.57. The van der Waals surface area contributed by atoms with Gasteiger partial charge in [-0.25, -0.2) is 0 Å². The molecule has 104 valence electrons. The molecule has 0 aromatic heterocycles. The second-order valence-electron chi connectivity index (χ2n) is 5.95. The number of aliphatic hydroxyl groups is 1. The van der Waals surface area contributed by atoms with Gasteiger partial charge in [0.05, 0.1) is 11.6 Å². The number of likely N-dealkylation sites (tertiary alicyclic amines) is 1. The molecule has 3 rings (SSSR count). The van der Waals surface area contributed by atoms with Crippen molar-refractivity contribution in [2.45, 2.75) is 44.2 Å². The van der Waals surface area contributed by atoms with Crippen LogP contribution in [0.1, 0.15) is 31.7 Å². The number of hydrogen-bond acceptors (Lipinski definition) is 3. The molecule has 2 unspecified atom stereocenters. The number of fused-ring (bicyclic) bond motifs is 1. The quantitative estimate of drug-likeness (QED) is 0.856. The van der Waals surface area contributed by atoms with E-state index in [1.165, 1.54) is 11.3 Å². The Balaban J connectivity index is 1.72. The van der Waals surface area contributed by atoms with Gasteiger partial charge in [-0.05, 0) is 50.4 Å². The molecule has 2 N–H and O–H groups in total. The van der Waals surface area contributed by atoms with Crippen molar-refractivity contribution in [2.75, 3.05) is 25.0 Å². The van der Waals surface area contributed by atoms with Crippen LogP contribution in [0.15, 0.2) is 24.3 Å². The Labute approximate surface area is 115 Å². The van der Waals surface area contributed by atoms with Gasteiger partial charge in [0.1, 0.15) is 0 Å². The molecule has 2 aliphatic rings. The lowest BCUT2D eigenvalue weighted by Crippen LogP contribution is -2.46. The first-order valence-corrected chi connectivity index (χ1v) is 7.50. The summed E-state index contributed by atoms with van der Waals surface area (Å²) < 4.78 is 0. The molecule has 1 aromatic rings. The van der Waals surface area contributed by atoms with Crippen molar-refractivity contribution >= 4 is 5.69 Å². The summed E-state index contributed by atoms with van der Waals surface area (Å²) in [5, 5.41) is 14.6. The van der Waals surface area contributed by atoms with E-state index in [1.54, 1.807) is 0 Å². The van der Waals surface area contributed by atoms with Gasteiger partial charge >= 0.3 is 0 Å². The smallest absolute Gasteiger partial charge is 0.0863 e. The number of hydrogen-bond donors (Lipinski definition) is 2.